The number of sulfonamides is 1. The fraction of sp³-hybridized carbons (Fsp3) is 0.297. The Labute approximate surface area is 272 Å². The molecule has 0 aliphatic rings. The Kier molecular flexibility index (Phi) is 10.7. The molecule has 46 heavy (non-hydrogen) atoms. The summed E-state index contributed by atoms with van der Waals surface area (Å²) in [6, 6.07) is 25.9. The van der Waals surface area contributed by atoms with Gasteiger partial charge in [0.05, 0.1) is 10.6 Å². The number of carbonyl (C=O) groups excluding carboxylic acids is 2. The lowest BCUT2D eigenvalue weighted by molar-refractivity contribution is -0.140. The number of benzene rings is 4. The van der Waals surface area contributed by atoms with Gasteiger partial charge in [0.25, 0.3) is 10.0 Å². The van der Waals surface area contributed by atoms with E-state index in [1.807, 2.05) is 71.0 Å². The van der Waals surface area contributed by atoms with Crippen molar-refractivity contribution < 1.29 is 22.4 Å². The van der Waals surface area contributed by atoms with Crippen molar-refractivity contribution in [2.45, 2.75) is 71.0 Å². The van der Waals surface area contributed by atoms with Crippen LogP contribution >= 0.6 is 0 Å². The predicted molar refractivity (Wildman–Crippen MR) is 180 cm³/mol. The van der Waals surface area contributed by atoms with Gasteiger partial charge in [-0.3, -0.25) is 13.9 Å². The molecule has 0 aromatic heterocycles. The van der Waals surface area contributed by atoms with Crippen LogP contribution in [0.15, 0.2) is 102 Å². The lowest BCUT2D eigenvalue weighted by Gasteiger charge is -2.35. The first-order chi connectivity index (χ1) is 21.6. The number of aryl methyl sites for hydroxylation is 3. The van der Waals surface area contributed by atoms with Crippen molar-refractivity contribution in [3.05, 3.63) is 131 Å². The highest BCUT2D eigenvalue weighted by molar-refractivity contribution is 7.92. The van der Waals surface area contributed by atoms with Gasteiger partial charge in [-0.25, -0.2) is 12.8 Å². The quantitative estimate of drug-likeness (QED) is 0.202. The van der Waals surface area contributed by atoms with E-state index in [1.165, 1.54) is 29.2 Å². The number of nitrogens with zero attached hydrogens (tertiary/aromatic N) is 2. The Morgan fingerprint density at radius 2 is 1.41 bits per heavy atom. The third-order valence-electron chi connectivity index (χ3n) is 7.54. The maximum atomic E-state index is 14.6. The maximum Gasteiger partial charge on any atom is 0.264 e. The summed E-state index contributed by atoms with van der Waals surface area (Å²) in [5.41, 5.74) is 3.70. The second-order valence-corrected chi connectivity index (χ2v) is 14.6. The fourth-order valence-corrected chi connectivity index (χ4v) is 6.71. The molecule has 242 valence electrons. The monoisotopic (exact) mass is 643 g/mol. The predicted octanol–water partition coefficient (Wildman–Crippen LogP) is 6.50. The Morgan fingerprint density at radius 1 is 0.804 bits per heavy atom. The summed E-state index contributed by atoms with van der Waals surface area (Å²) in [5, 5.41) is 3.01. The van der Waals surface area contributed by atoms with Crippen LogP contribution in [0.3, 0.4) is 0 Å². The Morgan fingerprint density at radius 3 is 2.00 bits per heavy atom. The van der Waals surface area contributed by atoms with E-state index in [1.54, 1.807) is 43.3 Å². The summed E-state index contributed by atoms with van der Waals surface area (Å²) in [6.07, 6.45) is 0.184. The van der Waals surface area contributed by atoms with E-state index < -0.39 is 39.9 Å². The molecule has 1 N–H and O–H groups in total. The van der Waals surface area contributed by atoms with Gasteiger partial charge in [-0.2, -0.15) is 0 Å². The first-order valence-corrected chi connectivity index (χ1v) is 16.6. The Hall–Kier alpha value is -4.50. The van der Waals surface area contributed by atoms with E-state index >= 15 is 0 Å². The zero-order valence-corrected chi connectivity index (χ0v) is 28.1. The van der Waals surface area contributed by atoms with Gasteiger partial charge in [0.1, 0.15) is 18.4 Å². The Balaban J connectivity index is 1.84. The van der Waals surface area contributed by atoms with Crippen LogP contribution in [0.5, 0.6) is 0 Å². The van der Waals surface area contributed by atoms with Crippen LogP contribution in [0.25, 0.3) is 0 Å². The smallest absolute Gasteiger partial charge is 0.264 e. The number of halogens is 1. The van der Waals surface area contributed by atoms with Crippen LogP contribution in [0, 0.1) is 26.6 Å². The lowest BCUT2D eigenvalue weighted by atomic mass is 10.0. The van der Waals surface area contributed by atoms with Crippen molar-refractivity contribution in [1.82, 2.24) is 10.2 Å². The average molecular weight is 644 g/mol. The average Bonchev–Trinajstić information content (AvgIpc) is 2.98. The van der Waals surface area contributed by atoms with Crippen molar-refractivity contribution >= 4 is 27.5 Å². The van der Waals surface area contributed by atoms with E-state index in [0.29, 0.717) is 16.8 Å². The zero-order valence-electron chi connectivity index (χ0n) is 27.2. The van der Waals surface area contributed by atoms with Gasteiger partial charge in [0, 0.05) is 18.5 Å². The highest BCUT2D eigenvalue weighted by Crippen LogP contribution is 2.29. The highest BCUT2D eigenvalue weighted by atomic mass is 32.2. The molecule has 0 saturated carbocycles. The maximum absolute atomic E-state index is 14.6. The third-order valence-corrected chi connectivity index (χ3v) is 9.32. The molecule has 0 fully saturated rings. The van der Waals surface area contributed by atoms with Crippen molar-refractivity contribution in [3.8, 4) is 0 Å². The van der Waals surface area contributed by atoms with Gasteiger partial charge in [-0.05, 0) is 88.6 Å². The molecular formula is C37H42FN3O4S. The second kappa shape index (κ2) is 14.3. The molecule has 0 aliphatic carbocycles. The summed E-state index contributed by atoms with van der Waals surface area (Å²) >= 11 is 0. The first-order valence-electron chi connectivity index (χ1n) is 15.2. The normalized spacial score (nSPS) is 12.3. The van der Waals surface area contributed by atoms with Crippen LogP contribution in [-0.4, -0.2) is 43.3 Å². The van der Waals surface area contributed by atoms with Crippen LogP contribution in [0.2, 0.25) is 0 Å². The van der Waals surface area contributed by atoms with Gasteiger partial charge < -0.3 is 10.2 Å². The Bertz CT molecular complexity index is 1770. The second-order valence-electron chi connectivity index (χ2n) is 12.7. The van der Waals surface area contributed by atoms with Crippen LogP contribution in [-0.2, 0) is 32.6 Å². The molecule has 0 unspecified atom stereocenters. The molecule has 2 amide bonds. The summed E-state index contributed by atoms with van der Waals surface area (Å²) in [7, 11) is -4.21. The van der Waals surface area contributed by atoms with Crippen LogP contribution in [0.1, 0.15) is 48.6 Å². The summed E-state index contributed by atoms with van der Waals surface area (Å²) in [6.45, 7) is 10.5. The molecule has 0 aliphatic heterocycles. The SMILES string of the molecule is Cc1ccc(S(=O)(=O)N(CC(=O)N(Cc2ccc(F)cc2)[C@H](Cc2ccccc2)C(=O)NC(C)(C)C)c2ccc(C)cc2C)cc1. The van der Waals surface area contributed by atoms with Crippen LogP contribution < -0.4 is 9.62 Å². The minimum absolute atomic E-state index is 0.0422. The standard InChI is InChI=1S/C37H42FN3O4S/c1-26-12-19-32(20-13-26)46(44,45)41(33-21-14-27(2)22-28(33)3)25-35(42)40(24-30-15-17-31(38)18-16-30)34(36(43)39-37(4,5)6)23-29-10-8-7-9-11-29/h7-22,34H,23-25H2,1-6H3,(H,39,43)/t34-/m1/s1. The number of anilines is 1. The molecule has 0 bridgehead atoms. The van der Waals surface area contributed by atoms with Crippen molar-refractivity contribution in [3.63, 3.8) is 0 Å². The molecule has 4 aromatic rings. The molecule has 0 spiro atoms. The molecule has 9 heteroatoms. The van der Waals surface area contributed by atoms with E-state index in [-0.39, 0.29) is 23.8 Å². The number of carbonyl (C=O) groups is 2. The number of rotatable bonds is 11. The molecular weight excluding hydrogens is 601 g/mol. The van der Waals surface area contributed by atoms with E-state index in [4.69, 9.17) is 0 Å². The van der Waals surface area contributed by atoms with Crippen molar-refractivity contribution in [2.24, 2.45) is 0 Å². The molecule has 0 heterocycles. The van der Waals surface area contributed by atoms with Crippen LogP contribution in [0.4, 0.5) is 10.1 Å². The third kappa shape index (κ3) is 8.81. The lowest BCUT2D eigenvalue weighted by Crippen LogP contribution is -2.56. The zero-order chi connectivity index (χ0) is 33.6. The summed E-state index contributed by atoms with van der Waals surface area (Å²) in [5.74, 6) is -1.39. The van der Waals surface area contributed by atoms with Crippen molar-refractivity contribution in [1.29, 1.82) is 0 Å². The molecule has 0 saturated heterocycles. The van der Waals surface area contributed by atoms with Gasteiger partial charge in [0.2, 0.25) is 11.8 Å². The molecule has 4 rings (SSSR count). The van der Waals surface area contributed by atoms with E-state index in [2.05, 4.69) is 5.32 Å². The van der Waals surface area contributed by atoms with E-state index in [0.717, 1.165) is 21.0 Å². The van der Waals surface area contributed by atoms with E-state index in [9.17, 15) is 22.4 Å². The summed E-state index contributed by atoms with van der Waals surface area (Å²) < 4.78 is 43.5. The molecule has 4 aromatic carbocycles. The number of amides is 2. The van der Waals surface area contributed by atoms with Gasteiger partial charge in [-0.1, -0.05) is 77.9 Å². The first kappa shape index (κ1) is 34.4. The molecule has 1 atom stereocenters. The van der Waals surface area contributed by atoms with Crippen molar-refractivity contribution in [2.75, 3.05) is 10.8 Å². The van der Waals surface area contributed by atoms with Gasteiger partial charge in [-0.15, -0.1) is 0 Å². The molecule has 7 nitrogen and oxygen atoms in total. The fourth-order valence-electron chi connectivity index (χ4n) is 5.23. The number of hydrogen-bond donors (Lipinski definition) is 1. The number of nitrogens with one attached hydrogen (secondary N) is 1. The number of hydrogen-bond acceptors (Lipinski definition) is 4. The highest BCUT2D eigenvalue weighted by Gasteiger charge is 2.36. The largest absolute Gasteiger partial charge is 0.350 e. The van der Waals surface area contributed by atoms with Gasteiger partial charge >= 0.3 is 0 Å². The summed E-state index contributed by atoms with van der Waals surface area (Å²) in [4.78, 5) is 30.0. The van der Waals surface area contributed by atoms with Gasteiger partial charge in [0.15, 0.2) is 0 Å². The topological polar surface area (TPSA) is 86.8 Å². The minimum atomic E-state index is -4.21. The minimum Gasteiger partial charge on any atom is -0.350 e. The molecule has 0 radical (unpaired) electrons.